The fourth-order valence-corrected chi connectivity index (χ4v) is 2.01. The summed E-state index contributed by atoms with van der Waals surface area (Å²) in [4.78, 5) is 0. The highest BCUT2D eigenvalue weighted by Gasteiger charge is 2.29. The Morgan fingerprint density at radius 1 is 1.08 bits per heavy atom. The van der Waals surface area contributed by atoms with E-state index >= 15 is 0 Å². The zero-order valence-corrected chi connectivity index (χ0v) is 15.0. The van der Waals surface area contributed by atoms with Gasteiger partial charge in [0.05, 0.1) is 5.56 Å². The molecular formula is C15H18F3N5S2. The van der Waals surface area contributed by atoms with Gasteiger partial charge >= 0.3 is 6.18 Å². The fraction of sp³-hybridized carbons (Fsp3) is 0.133. The molecule has 0 saturated heterocycles. The molecule has 0 saturated carbocycles. The van der Waals surface area contributed by atoms with Gasteiger partial charge in [0.1, 0.15) is 0 Å². The van der Waals surface area contributed by atoms with Gasteiger partial charge in [-0.3, -0.25) is 0 Å². The lowest BCUT2D eigenvalue weighted by atomic mass is 10.1. The molecule has 0 unspecified atom stereocenters. The first-order chi connectivity index (χ1) is 11.8. The van der Waals surface area contributed by atoms with Crippen molar-refractivity contribution < 1.29 is 13.2 Å². The second-order valence-corrected chi connectivity index (χ2v) is 4.88. The van der Waals surface area contributed by atoms with Gasteiger partial charge in [-0.15, -0.1) is 28.4 Å². The van der Waals surface area contributed by atoms with Gasteiger partial charge in [-0.05, 0) is 48.9 Å². The second kappa shape index (κ2) is 9.44. The van der Waals surface area contributed by atoms with Crippen molar-refractivity contribution in [2.24, 2.45) is 16.7 Å². The van der Waals surface area contributed by atoms with Crippen LogP contribution in [0.4, 0.5) is 24.5 Å². The Balaban J connectivity index is 0.00000151. The van der Waals surface area contributed by atoms with Crippen LogP contribution in [0.25, 0.3) is 0 Å². The largest absolute Gasteiger partial charge is 0.416 e. The van der Waals surface area contributed by atoms with E-state index in [1.54, 1.807) is 6.07 Å². The Morgan fingerprint density at radius 3 is 2.20 bits per heavy atom. The van der Waals surface area contributed by atoms with Crippen molar-refractivity contribution in [1.29, 1.82) is 0 Å². The normalized spacial score (nSPS) is 11.4. The SMILES string of the molecule is Cc1ccc(/C(N)=N/NN)c(Nc2ccc(C(F)(F)F)cc2)c1.SS. The van der Waals surface area contributed by atoms with Crippen molar-refractivity contribution in [2.75, 3.05) is 5.32 Å². The van der Waals surface area contributed by atoms with Gasteiger partial charge in [-0.1, -0.05) is 6.07 Å². The van der Waals surface area contributed by atoms with E-state index in [0.29, 0.717) is 16.9 Å². The average molecular weight is 389 g/mol. The molecule has 0 heterocycles. The summed E-state index contributed by atoms with van der Waals surface area (Å²) in [5, 5.41) is 6.74. The van der Waals surface area contributed by atoms with Crippen molar-refractivity contribution in [2.45, 2.75) is 13.1 Å². The molecule has 0 atom stereocenters. The van der Waals surface area contributed by atoms with E-state index in [9.17, 15) is 13.2 Å². The van der Waals surface area contributed by atoms with Gasteiger partial charge < -0.3 is 11.1 Å². The van der Waals surface area contributed by atoms with Crippen LogP contribution in [0, 0.1) is 6.92 Å². The molecule has 0 aliphatic heterocycles. The topological polar surface area (TPSA) is 88.5 Å². The van der Waals surface area contributed by atoms with Gasteiger partial charge in [-0.25, -0.2) is 11.4 Å². The van der Waals surface area contributed by atoms with Crippen molar-refractivity contribution >= 4 is 40.5 Å². The maximum Gasteiger partial charge on any atom is 0.416 e. The van der Waals surface area contributed by atoms with E-state index < -0.39 is 11.7 Å². The Morgan fingerprint density at radius 2 is 1.68 bits per heavy atom. The molecule has 0 aliphatic rings. The molecule has 2 aromatic carbocycles. The van der Waals surface area contributed by atoms with Crippen LogP contribution in [0.2, 0.25) is 0 Å². The number of hydrazine groups is 1. The summed E-state index contributed by atoms with van der Waals surface area (Å²) < 4.78 is 37.7. The highest BCUT2D eigenvalue weighted by atomic mass is 33.1. The standard InChI is InChI=1S/C15H16F3N5.H2S2/c1-9-2-7-12(14(19)22-23-20)13(8-9)21-11-5-3-10(4-6-11)15(16,17)18;1-2/h2-8,21,23H,20H2,1H3,(H2,19,22);1-2H. The lowest BCUT2D eigenvalue weighted by Crippen LogP contribution is -2.23. The lowest BCUT2D eigenvalue weighted by molar-refractivity contribution is -0.137. The Hall–Kier alpha value is -2.04. The number of benzene rings is 2. The highest BCUT2D eigenvalue weighted by molar-refractivity contribution is 8.59. The monoisotopic (exact) mass is 389 g/mol. The van der Waals surface area contributed by atoms with Gasteiger partial charge in [-0.2, -0.15) is 13.2 Å². The summed E-state index contributed by atoms with van der Waals surface area (Å²) in [6, 6.07) is 10.1. The van der Waals surface area contributed by atoms with Gasteiger partial charge in [0, 0.05) is 16.9 Å². The minimum Gasteiger partial charge on any atom is -0.382 e. The lowest BCUT2D eigenvalue weighted by Gasteiger charge is -2.14. The molecular weight excluding hydrogens is 371 g/mol. The summed E-state index contributed by atoms with van der Waals surface area (Å²) in [7, 11) is 0. The number of rotatable bonds is 4. The van der Waals surface area contributed by atoms with E-state index in [-0.39, 0.29) is 5.84 Å². The number of alkyl halides is 3. The van der Waals surface area contributed by atoms with Crippen molar-refractivity contribution in [1.82, 2.24) is 5.53 Å². The van der Waals surface area contributed by atoms with Gasteiger partial charge in [0.25, 0.3) is 0 Å². The molecule has 10 heteroatoms. The number of amidine groups is 1. The minimum atomic E-state index is -4.36. The number of nitrogens with one attached hydrogen (secondary N) is 2. The van der Waals surface area contributed by atoms with E-state index in [1.165, 1.54) is 12.1 Å². The predicted octanol–water partition coefficient (Wildman–Crippen LogP) is 3.60. The number of nitrogens with two attached hydrogens (primary N) is 2. The third kappa shape index (κ3) is 6.07. The molecule has 0 spiro atoms. The van der Waals surface area contributed by atoms with Crippen LogP contribution in [0.5, 0.6) is 0 Å². The average Bonchev–Trinajstić information content (AvgIpc) is 2.56. The molecule has 25 heavy (non-hydrogen) atoms. The first kappa shape index (κ1) is 21.0. The molecule has 6 N–H and O–H groups in total. The number of hydrogen-bond acceptors (Lipinski definition) is 6. The Kier molecular flexibility index (Phi) is 7.94. The van der Waals surface area contributed by atoms with Crippen molar-refractivity contribution in [3.05, 3.63) is 59.2 Å². The summed E-state index contributed by atoms with van der Waals surface area (Å²) in [5.41, 5.74) is 9.85. The molecule has 2 rings (SSSR count). The molecule has 136 valence electrons. The first-order valence-corrected chi connectivity index (χ1v) is 8.45. The Bertz CT molecular complexity index is 718. The molecule has 5 nitrogen and oxygen atoms in total. The predicted molar refractivity (Wildman–Crippen MR) is 102 cm³/mol. The number of anilines is 2. The molecule has 0 aromatic heterocycles. The quantitative estimate of drug-likeness (QED) is 0.120. The summed E-state index contributed by atoms with van der Waals surface area (Å²) in [6.07, 6.45) is -4.36. The molecule has 0 fully saturated rings. The summed E-state index contributed by atoms with van der Waals surface area (Å²) >= 11 is 6.44. The molecule has 2 aromatic rings. The number of nitrogens with zero attached hydrogens (tertiary/aromatic N) is 1. The number of halogens is 3. The highest BCUT2D eigenvalue weighted by Crippen LogP contribution is 2.30. The van der Waals surface area contributed by atoms with Crippen LogP contribution in [-0.2, 0) is 6.18 Å². The summed E-state index contributed by atoms with van der Waals surface area (Å²) in [5.74, 6) is 5.27. The third-order valence-corrected chi connectivity index (χ3v) is 3.13. The van der Waals surface area contributed by atoms with E-state index in [1.807, 2.05) is 19.1 Å². The maximum atomic E-state index is 12.6. The van der Waals surface area contributed by atoms with Crippen LogP contribution in [0.3, 0.4) is 0 Å². The molecule has 0 bridgehead atoms. The van der Waals surface area contributed by atoms with Gasteiger partial charge in [0.15, 0.2) is 5.84 Å². The molecule has 0 amide bonds. The second-order valence-electron chi connectivity index (χ2n) is 4.88. The minimum absolute atomic E-state index is 0.155. The first-order valence-electron chi connectivity index (χ1n) is 6.85. The zero-order valence-electron chi connectivity index (χ0n) is 13.2. The van der Waals surface area contributed by atoms with Crippen LogP contribution in [-0.4, -0.2) is 5.84 Å². The fourth-order valence-electron chi connectivity index (χ4n) is 2.01. The smallest absolute Gasteiger partial charge is 0.382 e. The number of hydrogen-bond donors (Lipinski definition) is 6. The van der Waals surface area contributed by atoms with Crippen LogP contribution < -0.4 is 22.4 Å². The maximum absolute atomic E-state index is 12.6. The van der Waals surface area contributed by atoms with Gasteiger partial charge in [0.2, 0.25) is 0 Å². The van der Waals surface area contributed by atoms with E-state index in [2.05, 4.69) is 39.3 Å². The number of aryl methyl sites for hydroxylation is 1. The van der Waals surface area contributed by atoms with Crippen LogP contribution >= 0.6 is 23.3 Å². The van der Waals surface area contributed by atoms with Crippen molar-refractivity contribution in [3.8, 4) is 0 Å². The third-order valence-electron chi connectivity index (χ3n) is 3.13. The van der Waals surface area contributed by atoms with Crippen LogP contribution in [0.15, 0.2) is 47.6 Å². The summed E-state index contributed by atoms with van der Waals surface area (Å²) in [6.45, 7) is 1.89. The zero-order chi connectivity index (χ0) is 19.0. The van der Waals surface area contributed by atoms with Crippen LogP contribution in [0.1, 0.15) is 16.7 Å². The van der Waals surface area contributed by atoms with E-state index in [4.69, 9.17) is 11.6 Å². The number of thiol groups is 2. The van der Waals surface area contributed by atoms with Crippen molar-refractivity contribution in [3.63, 3.8) is 0 Å². The van der Waals surface area contributed by atoms with E-state index in [0.717, 1.165) is 17.7 Å². The molecule has 0 aliphatic carbocycles. The molecule has 0 radical (unpaired) electrons. The Labute approximate surface area is 153 Å². The number of hydrazone groups is 1.